The Morgan fingerprint density at radius 2 is 1.83 bits per heavy atom. The Labute approximate surface area is 69.6 Å². The van der Waals surface area contributed by atoms with Gasteiger partial charge in [-0.15, -0.1) is 0 Å². The van der Waals surface area contributed by atoms with Crippen molar-refractivity contribution in [2.24, 2.45) is 11.8 Å². The number of hydrogen-bond donors (Lipinski definition) is 1. The third kappa shape index (κ3) is 1.91. The normalized spacial score (nSPS) is 38.2. The quantitative estimate of drug-likeness (QED) is 0.609. The van der Waals surface area contributed by atoms with Gasteiger partial charge in [0, 0.05) is 0 Å². The molecule has 3 atom stereocenters. The summed E-state index contributed by atoms with van der Waals surface area (Å²) in [6.45, 7) is 1.67. The van der Waals surface area contributed by atoms with Crippen molar-refractivity contribution in [2.75, 3.05) is 0 Å². The van der Waals surface area contributed by atoms with E-state index in [0.717, 1.165) is 0 Å². The van der Waals surface area contributed by atoms with Crippen molar-refractivity contribution in [1.82, 2.24) is 0 Å². The van der Waals surface area contributed by atoms with Gasteiger partial charge in [0.05, 0.1) is 12.0 Å². The minimum absolute atomic E-state index is 0.0784. The molecule has 1 saturated carbocycles. The Hall–Kier alpha value is -0.250. The maximum Gasteiger partial charge on any atom is 0.394 e. The molecule has 4 heteroatoms. The summed E-state index contributed by atoms with van der Waals surface area (Å²) in [5.74, 6) is -1.72. The molecule has 0 aromatic heterocycles. The minimum atomic E-state index is -4.23. The van der Waals surface area contributed by atoms with E-state index in [-0.39, 0.29) is 12.3 Å². The molecule has 12 heavy (non-hydrogen) atoms. The first-order chi connectivity index (χ1) is 5.43. The lowest BCUT2D eigenvalue weighted by atomic mass is 9.79. The topological polar surface area (TPSA) is 20.2 Å². The van der Waals surface area contributed by atoms with Crippen molar-refractivity contribution in [3.8, 4) is 0 Å². The lowest BCUT2D eigenvalue weighted by Gasteiger charge is -2.33. The number of halogens is 3. The lowest BCUT2D eigenvalue weighted by Crippen LogP contribution is -2.40. The van der Waals surface area contributed by atoms with Crippen LogP contribution in [0.2, 0.25) is 0 Å². The second-order valence-electron chi connectivity index (χ2n) is 3.55. The summed E-state index contributed by atoms with van der Waals surface area (Å²) in [4.78, 5) is 0. The summed E-state index contributed by atoms with van der Waals surface area (Å²) < 4.78 is 36.6. The molecule has 1 rings (SSSR count). The van der Waals surface area contributed by atoms with Gasteiger partial charge in [-0.3, -0.25) is 0 Å². The molecule has 0 spiro atoms. The van der Waals surface area contributed by atoms with Crippen LogP contribution in [0, 0.1) is 11.8 Å². The third-order valence-electron chi connectivity index (χ3n) is 2.59. The lowest BCUT2D eigenvalue weighted by molar-refractivity contribution is -0.214. The number of rotatable bonds is 0. The predicted molar refractivity (Wildman–Crippen MR) is 38.6 cm³/mol. The standard InChI is InChI=1S/C8H13F3O/c1-5-3-2-4-6(7(5)12)8(9,10)11/h5-7,12H,2-4H2,1H3. The fourth-order valence-corrected chi connectivity index (χ4v) is 1.76. The van der Waals surface area contributed by atoms with E-state index in [1.54, 1.807) is 6.92 Å². The Morgan fingerprint density at radius 3 is 2.25 bits per heavy atom. The van der Waals surface area contributed by atoms with E-state index < -0.39 is 18.2 Å². The molecule has 1 N–H and O–H groups in total. The van der Waals surface area contributed by atoms with Gasteiger partial charge in [0.1, 0.15) is 0 Å². The first-order valence-corrected chi connectivity index (χ1v) is 4.17. The van der Waals surface area contributed by atoms with Gasteiger partial charge in [0.25, 0.3) is 0 Å². The molecule has 0 saturated heterocycles. The second kappa shape index (κ2) is 3.24. The van der Waals surface area contributed by atoms with Crippen molar-refractivity contribution in [3.05, 3.63) is 0 Å². The molecule has 1 fully saturated rings. The van der Waals surface area contributed by atoms with Crippen LogP contribution < -0.4 is 0 Å². The third-order valence-corrected chi connectivity index (χ3v) is 2.59. The number of hydrogen-bond acceptors (Lipinski definition) is 1. The maximum atomic E-state index is 12.2. The van der Waals surface area contributed by atoms with Crippen molar-refractivity contribution >= 4 is 0 Å². The van der Waals surface area contributed by atoms with Crippen LogP contribution in [0.5, 0.6) is 0 Å². The molecule has 0 radical (unpaired) electrons. The SMILES string of the molecule is CC1CCCC(C(F)(F)F)C1O. The summed E-state index contributed by atoms with van der Waals surface area (Å²) in [5, 5.41) is 9.25. The molecule has 0 aliphatic heterocycles. The number of alkyl halides is 3. The van der Waals surface area contributed by atoms with Gasteiger partial charge in [-0.25, -0.2) is 0 Å². The number of aliphatic hydroxyl groups is 1. The van der Waals surface area contributed by atoms with E-state index in [1.165, 1.54) is 0 Å². The fourth-order valence-electron chi connectivity index (χ4n) is 1.76. The van der Waals surface area contributed by atoms with Gasteiger partial charge in [-0.1, -0.05) is 13.3 Å². The summed E-state index contributed by atoms with van der Waals surface area (Å²) in [7, 11) is 0. The summed E-state index contributed by atoms with van der Waals surface area (Å²) >= 11 is 0. The average molecular weight is 182 g/mol. The Morgan fingerprint density at radius 1 is 1.25 bits per heavy atom. The van der Waals surface area contributed by atoms with Crippen molar-refractivity contribution in [3.63, 3.8) is 0 Å². The van der Waals surface area contributed by atoms with Crippen LogP contribution in [0.1, 0.15) is 26.2 Å². The monoisotopic (exact) mass is 182 g/mol. The van der Waals surface area contributed by atoms with Gasteiger partial charge < -0.3 is 5.11 Å². The second-order valence-corrected chi connectivity index (χ2v) is 3.55. The fraction of sp³-hybridized carbons (Fsp3) is 1.00. The van der Waals surface area contributed by atoms with Crippen molar-refractivity contribution in [1.29, 1.82) is 0 Å². The van der Waals surface area contributed by atoms with Gasteiger partial charge in [0.15, 0.2) is 0 Å². The van der Waals surface area contributed by atoms with Crippen LogP contribution in [0.15, 0.2) is 0 Å². The molecule has 72 valence electrons. The van der Waals surface area contributed by atoms with Crippen molar-refractivity contribution in [2.45, 2.75) is 38.5 Å². The highest BCUT2D eigenvalue weighted by molar-refractivity contribution is 4.83. The zero-order valence-electron chi connectivity index (χ0n) is 6.93. The van der Waals surface area contributed by atoms with Crippen LogP contribution in [0.25, 0.3) is 0 Å². The van der Waals surface area contributed by atoms with Crippen LogP contribution in [-0.4, -0.2) is 17.4 Å². The molecular weight excluding hydrogens is 169 g/mol. The summed E-state index contributed by atoms with van der Waals surface area (Å²) in [6, 6.07) is 0. The number of aliphatic hydroxyl groups excluding tert-OH is 1. The van der Waals surface area contributed by atoms with Gasteiger partial charge >= 0.3 is 6.18 Å². The molecule has 1 nitrogen and oxygen atoms in total. The van der Waals surface area contributed by atoms with E-state index in [1.807, 2.05) is 0 Å². The van der Waals surface area contributed by atoms with Gasteiger partial charge in [0.2, 0.25) is 0 Å². The first kappa shape index (κ1) is 9.84. The van der Waals surface area contributed by atoms with Crippen LogP contribution >= 0.6 is 0 Å². The molecule has 0 heterocycles. The predicted octanol–water partition coefficient (Wildman–Crippen LogP) is 2.35. The van der Waals surface area contributed by atoms with E-state index in [4.69, 9.17) is 0 Å². The van der Waals surface area contributed by atoms with Crippen LogP contribution in [0.4, 0.5) is 13.2 Å². The summed E-state index contributed by atoms with van der Waals surface area (Å²) in [5.41, 5.74) is 0. The van der Waals surface area contributed by atoms with Crippen molar-refractivity contribution < 1.29 is 18.3 Å². The maximum absolute atomic E-state index is 12.2. The average Bonchev–Trinajstić information content (AvgIpc) is 1.92. The first-order valence-electron chi connectivity index (χ1n) is 4.17. The Balaban J connectivity index is 2.64. The highest BCUT2D eigenvalue weighted by atomic mass is 19.4. The summed E-state index contributed by atoms with van der Waals surface area (Å²) in [6.07, 6.45) is -4.07. The molecule has 1 aliphatic carbocycles. The van der Waals surface area contributed by atoms with E-state index in [9.17, 15) is 18.3 Å². The van der Waals surface area contributed by atoms with Gasteiger partial charge in [-0.2, -0.15) is 13.2 Å². The smallest absolute Gasteiger partial charge is 0.392 e. The van der Waals surface area contributed by atoms with Crippen LogP contribution in [0.3, 0.4) is 0 Å². The Bertz CT molecular complexity index is 155. The largest absolute Gasteiger partial charge is 0.394 e. The highest BCUT2D eigenvalue weighted by Gasteiger charge is 2.46. The zero-order valence-corrected chi connectivity index (χ0v) is 6.93. The molecule has 0 aromatic carbocycles. The minimum Gasteiger partial charge on any atom is -0.392 e. The highest BCUT2D eigenvalue weighted by Crippen LogP contribution is 2.39. The van der Waals surface area contributed by atoms with E-state index in [0.29, 0.717) is 12.8 Å². The van der Waals surface area contributed by atoms with Gasteiger partial charge in [-0.05, 0) is 18.8 Å². The molecule has 0 aromatic rings. The van der Waals surface area contributed by atoms with Crippen LogP contribution in [-0.2, 0) is 0 Å². The molecule has 1 aliphatic rings. The molecule has 0 bridgehead atoms. The molecular formula is C8H13F3O. The van der Waals surface area contributed by atoms with E-state index in [2.05, 4.69) is 0 Å². The van der Waals surface area contributed by atoms with E-state index >= 15 is 0 Å². The molecule has 0 amide bonds. The zero-order chi connectivity index (χ0) is 9.35. The molecule has 3 unspecified atom stereocenters. The Kier molecular flexibility index (Phi) is 2.66.